The number of amides is 3. The zero-order valence-electron chi connectivity index (χ0n) is 21.4. The molecule has 3 heterocycles. The summed E-state index contributed by atoms with van der Waals surface area (Å²) in [5, 5.41) is 2.68. The molecule has 2 saturated heterocycles. The van der Waals surface area contributed by atoms with E-state index in [0.29, 0.717) is 66.0 Å². The van der Waals surface area contributed by atoms with Gasteiger partial charge in [0.05, 0.1) is 14.1 Å². The zero-order chi connectivity index (χ0) is 27.4. The van der Waals surface area contributed by atoms with Crippen LogP contribution in [0.3, 0.4) is 0 Å². The fourth-order valence-corrected chi connectivity index (χ4v) is 7.15. The van der Waals surface area contributed by atoms with Crippen molar-refractivity contribution < 1.29 is 22.8 Å². The Morgan fingerprint density at radius 2 is 1.84 bits per heavy atom. The number of halogens is 1. The summed E-state index contributed by atoms with van der Waals surface area (Å²) < 4.78 is 30.2. The Kier molecular flexibility index (Phi) is 9.09. The Morgan fingerprint density at radius 3 is 2.45 bits per heavy atom. The first-order valence-corrected chi connectivity index (χ1v) is 15.3. The lowest BCUT2D eigenvalue weighted by molar-refractivity contribution is -0.134. The van der Waals surface area contributed by atoms with Crippen molar-refractivity contribution in [2.75, 3.05) is 50.7 Å². The van der Waals surface area contributed by atoms with E-state index in [0.717, 1.165) is 17.9 Å². The fraction of sp³-hybridized carbons (Fsp3) is 0.480. The summed E-state index contributed by atoms with van der Waals surface area (Å²) in [5.41, 5.74) is 0.965. The number of carbonyl (C=O) groups excluding carboxylic acids is 3. The molecule has 1 atom stereocenters. The number of piperazine rings is 1. The molecule has 2 aromatic rings. The summed E-state index contributed by atoms with van der Waals surface area (Å²) in [6.45, 7) is 7.16. The maximum Gasteiger partial charge on any atom is 0.261 e. The zero-order valence-corrected chi connectivity index (χ0v) is 23.8. The van der Waals surface area contributed by atoms with E-state index in [1.165, 1.54) is 6.07 Å². The summed E-state index contributed by atoms with van der Waals surface area (Å²) in [4.78, 5) is 44.2. The highest BCUT2D eigenvalue weighted by molar-refractivity contribution is 7.89. The second kappa shape index (κ2) is 12.1. The van der Waals surface area contributed by atoms with Gasteiger partial charge in [0.1, 0.15) is 6.04 Å². The highest BCUT2D eigenvalue weighted by atomic mass is 35.5. The van der Waals surface area contributed by atoms with E-state index in [9.17, 15) is 22.8 Å². The van der Waals surface area contributed by atoms with Crippen LogP contribution in [-0.4, -0.2) is 87.8 Å². The number of thiophene rings is 1. The molecule has 0 saturated carbocycles. The van der Waals surface area contributed by atoms with Gasteiger partial charge in [-0.25, -0.2) is 8.42 Å². The van der Waals surface area contributed by atoms with Gasteiger partial charge in [-0.1, -0.05) is 24.6 Å². The molecule has 206 valence electrons. The standard InChI is InChI=1S/C25H32ClN5O5S2/c1-3-29-12-14-30(15-13-29)25(34)18(16-27-24(33)20-9-10-22(26)37-20)28-38(35,36)21-7-4-6-19(17(21)2)31-11-5-8-23(31)32/h4,6-7,9-10,18,28H,3,5,8,11-16H2,1-2H3,(H,27,33)/t18-/m0/s1. The molecule has 1 aromatic carbocycles. The number of hydrogen-bond acceptors (Lipinski definition) is 7. The van der Waals surface area contributed by atoms with Crippen LogP contribution in [0.25, 0.3) is 0 Å². The first-order valence-electron chi connectivity index (χ1n) is 12.6. The van der Waals surface area contributed by atoms with Crippen LogP contribution in [0, 0.1) is 6.92 Å². The van der Waals surface area contributed by atoms with E-state index < -0.39 is 27.9 Å². The van der Waals surface area contributed by atoms with Crippen LogP contribution < -0.4 is 14.9 Å². The summed E-state index contributed by atoms with van der Waals surface area (Å²) in [7, 11) is -4.18. The SMILES string of the molecule is CCN1CCN(C(=O)[C@H](CNC(=O)c2ccc(Cl)s2)NS(=O)(=O)c2cccc(N3CCCC3=O)c2C)CC1. The van der Waals surface area contributed by atoms with Gasteiger partial charge in [-0.15, -0.1) is 11.3 Å². The average Bonchev–Trinajstić information content (AvgIpc) is 3.54. The van der Waals surface area contributed by atoms with Crippen molar-refractivity contribution in [2.45, 2.75) is 37.6 Å². The minimum atomic E-state index is -4.18. The number of benzene rings is 1. The highest BCUT2D eigenvalue weighted by Crippen LogP contribution is 2.29. The molecule has 38 heavy (non-hydrogen) atoms. The van der Waals surface area contributed by atoms with Crippen LogP contribution in [0.1, 0.15) is 35.0 Å². The van der Waals surface area contributed by atoms with Crippen molar-refractivity contribution in [2.24, 2.45) is 0 Å². The van der Waals surface area contributed by atoms with Crippen molar-refractivity contribution in [1.82, 2.24) is 19.8 Å². The van der Waals surface area contributed by atoms with Crippen molar-refractivity contribution in [1.29, 1.82) is 0 Å². The lowest BCUT2D eigenvalue weighted by Crippen LogP contribution is -2.57. The topological polar surface area (TPSA) is 119 Å². The van der Waals surface area contributed by atoms with Crippen LogP contribution in [0.2, 0.25) is 4.34 Å². The number of sulfonamides is 1. The minimum absolute atomic E-state index is 0.0142. The molecule has 0 bridgehead atoms. The molecule has 2 N–H and O–H groups in total. The number of nitrogens with zero attached hydrogens (tertiary/aromatic N) is 3. The molecule has 3 amide bonds. The molecule has 2 aliphatic heterocycles. The molecule has 2 fully saturated rings. The Bertz CT molecular complexity index is 1310. The van der Waals surface area contributed by atoms with Crippen molar-refractivity contribution in [3.8, 4) is 0 Å². The number of anilines is 1. The van der Waals surface area contributed by atoms with Crippen LogP contribution in [0.4, 0.5) is 5.69 Å². The van der Waals surface area contributed by atoms with Crippen LogP contribution in [-0.2, 0) is 19.6 Å². The molecular weight excluding hydrogens is 550 g/mol. The van der Waals surface area contributed by atoms with Crippen molar-refractivity contribution in [3.05, 3.63) is 45.1 Å². The van der Waals surface area contributed by atoms with Crippen LogP contribution in [0.15, 0.2) is 35.2 Å². The lowest BCUT2D eigenvalue weighted by atomic mass is 10.2. The first kappa shape index (κ1) is 28.5. The van der Waals surface area contributed by atoms with E-state index in [-0.39, 0.29) is 17.3 Å². The smallest absolute Gasteiger partial charge is 0.261 e. The fourth-order valence-electron chi connectivity index (χ4n) is 4.74. The Hall–Kier alpha value is -2.51. The van der Waals surface area contributed by atoms with Gasteiger partial charge in [0.15, 0.2) is 0 Å². The van der Waals surface area contributed by atoms with Gasteiger partial charge in [-0.2, -0.15) is 4.72 Å². The van der Waals surface area contributed by atoms with Crippen LogP contribution >= 0.6 is 22.9 Å². The maximum atomic E-state index is 13.6. The molecular formula is C25H32ClN5O5S2. The van der Waals surface area contributed by atoms with Gasteiger partial charge < -0.3 is 20.0 Å². The average molecular weight is 582 g/mol. The molecule has 2 aliphatic rings. The van der Waals surface area contributed by atoms with Crippen molar-refractivity contribution in [3.63, 3.8) is 0 Å². The normalized spacial score (nSPS) is 17.6. The number of nitrogens with one attached hydrogen (secondary N) is 2. The lowest BCUT2D eigenvalue weighted by Gasteiger charge is -2.36. The third-order valence-corrected chi connectivity index (χ3v) is 9.75. The largest absolute Gasteiger partial charge is 0.349 e. The molecule has 0 aliphatic carbocycles. The van der Waals surface area contributed by atoms with Gasteiger partial charge in [-0.05, 0) is 49.7 Å². The first-order chi connectivity index (χ1) is 18.1. The molecule has 0 radical (unpaired) electrons. The van der Waals surface area contributed by atoms with Gasteiger partial charge in [-0.3, -0.25) is 14.4 Å². The number of rotatable bonds is 9. The Balaban J connectivity index is 1.57. The predicted molar refractivity (Wildman–Crippen MR) is 147 cm³/mol. The van der Waals surface area contributed by atoms with E-state index in [2.05, 4.69) is 14.9 Å². The summed E-state index contributed by atoms with van der Waals surface area (Å²) >= 11 is 7.03. The number of hydrogen-bond donors (Lipinski definition) is 2. The molecule has 13 heteroatoms. The monoisotopic (exact) mass is 581 g/mol. The van der Waals surface area contributed by atoms with E-state index >= 15 is 0 Å². The van der Waals surface area contributed by atoms with Gasteiger partial charge in [0, 0.05) is 51.4 Å². The second-order valence-corrected chi connectivity index (χ2v) is 12.7. The van der Waals surface area contributed by atoms with Gasteiger partial charge in [0.2, 0.25) is 21.8 Å². The summed E-state index contributed by atoms with van der Waals surface area (Å²) in [6.07, 6.45) is 1.14. The summed E-state index contributed by atoms with van der Waals surface area (Å²) in [6, 6.07) is 6.72. The van der Waals surface area contributed by atoms with Crippen LogP contribution in [0.5, 0.6) is 0 Å². The molecule has 1 aromatic heterocycles. The molecule has 4 rings (SSSR count). The Labute approximate surface area is 232 Å². The third kappa shape index (κ3) is 6.37. The second-order valence-electron chi connectivity index (χ2n) is 9.30. The quantitative estimate of drug-likeness (QED) is 0.468. The number of likely N-dealkylation sites (N-methyl/N-ethyl adjacent to an activating group) is 1. The minimum Gasteiger partial charge on any atom is -0.349 e. The molecule has 0 unspecified atom stereocenters. The van der Waals surface area contributed by atoms with E-state index in [4.69, 9.17) is 11.6 Å². The van der Waals surface area contributed by atoms with Gasteiger partial charge in [0.25, 0.3) is 5.91 Å². The third-order valence-electron chi connectivity index (χ3n) is 6.90. The highest BCUT2D eigenvalue weighted by Gasteiger charge is 2.33. The van der Waals surface area contributed by atoms with E-state index in [1.807, 2.05) is 6.92 Å². The molecule has 0 spiro atoms. The van der Waals surface area contributed by atoms with Crippen molar-refractivity contribution >= 4 is 56.4 Å². The molecule has 10 nitrogen and oxygen atoms in total. The summed E-state index contributed by atoms with van der Waals surface area (Å²) in [5.74, 6) is -0.899. The predicted octanol–water partition coefficient (Wildman–Crippen LogP) is 2.08. The maximum absolute atomic E-state index is 13.6. The van der Waals surface area contributed by atoms with Gasteiger partial charge >= 0.3 is 0 Å². The van der Waals surface area contributed by atoms with E-state index in [1.54, 1.807) is 41.0 Å². The Morgan fingerprint density at radius 1 is 1.11 bits per heavy atom. The number of carbonyl (C=O) groups is 3.